The van der Waals surface area contributed by atoms with E-state index in [1.54, 1.807) is 18.6 Å². The van der Waals surface area contributed by atoms with E-state index in [-0.39, 0.29) is 16.9 Å². The minimum atomic E-state index is -0.381. The third-order valence-corrected chi connectivity index (χ3v) is 3.44. The summed E-state index contributed by atoms with van der Waals surface area (Å²) in [5.41, 5.74) is 1.83. The van der Waals surface area contributed by atoms with Crippen LogP contribution in [-0.4, -0.2) is 16.6 Å². The van der Waals surface area contributed by atoms with Gasteiger partial charge in [-0.25, -0.2) is 9.37 Å². The molecule has 3 nitrogen and oxygen atoms in total. The normalized spacial score (nSPS) is 12.7. The molecule has 18 heavy (non-hydrogen) atoms. The van der Waals surface area contributed by atoms with E-state index < -0.39 is 0 Å². The average Bonchev–Trinajstić information content (AvgIpc) is 2.77. The minimum absolute atomic E-state index is 0.0526. The van der Waals surface area contributed by atoms with Gasteiger partial charge in [-0.2, -0.15) is 0 Å². The molecule has 1 aromatic carbocycles. The zero-order valence-electron chi connectivity index (χ0n) is 10.3. The molecule has 96 valence electrons. The molecule has 2 rings (SSSR count). The first-order valence-corrected chi connectivity index (χ1v) is 6.07. The Labute approximate surface area is 111 Å². The Balaban J connectivity index is 2.26. The molecule has 1 unspecified atom stereocenters. The van der Waals surface area contributed by atoms with Gasteiger partial charge in [-0.15, -0.1) is 0 Å². The van der Waals surface area contributed by atoms with Gasteiger partial charge in [-0.3, -0.25) is 0 Å². The monoisotopic (exact) mass is 267 g/mol. The molecule has 0 aliphatic heterocycles. The van der Waals surface area contributed by atoms with Crippen molar-refractivity contribution >= 4 is 11.6 Å². The predicted molar refractivity (Wildman–Crippen MR) is 70.1 cm³/mol. The molecular formula is C13H15ClFN3. The van der Waals surface area contributed by atoms with E-state index in [2.05, 4.69) is 10.3 Å². The van der Waals surface area contributed by atoms with Crippen LogP contribution in [0.1, 0.15) is 17.3 Å². The zero-order chi connectivity index (χ0) is 13.1. The maximum Gasteiger partial charge on any atom is 0.142 e. The van der Waals surface area contributed by atoms with Crippen LogP contribution >= 0.6 is 11.6 Å². The lowest BCUT2D eigenvalue weighted by Crippen LogP contribution is -2.21. The van der Waals surface area contributed by atoms with Crippen LogP contribution < -0.4 is 5.32 Å². The summed E-state index contributed by atoms with van der Waals surface area (Å²) < 4.78 is 15.3. The number of halogens is 2. The molecule has 0 amide bonds. The summed E-state index contributed by atoms with van der Waals surface area (Å²) in [7, 11) is 3.80. The maximum atomic E-state index is 13.4. The SMILES string of the molecule is CNC(Cc1cccc(F)c1Cl)c1cncn1C. The summed E-state index contributed by atoms with van der Waals surface area (Å²) in [6.45, 7) is 0. The highest BCUT2D eigenvalue weighted by Crippen LogP contribution is 2.25. The Morgan fingerprint density at radius 1 is 1.50 bits per heavy atom. The number of aryl methyl sites for hydroxylation is 1. The molecular weight excluding hydrogens is 253 g/mol. The Kier molecular flexibility index (Phi) is 3.99. The number of imidazole rings is 1. The molecule has 0 aliphatic rings. The number of rotatable bonds is 4. The standard InChI is InChI=1S/C13H15ClFN3/c1-16-11(12-7-17-8-18(12)2)6-9-4-3-5-10(15)13(9)14/h3-5,7-8,11,16H,6H2,1-2H3. The molecule has 0 saturated heterocycles. The molecule has 1 heterocycles. The number of likely N-dealkylation sites (N-methyl/N-ethyl adjacent to an activating group) is 1. The van der Waals surface area contributed by atoms with Gasteiger partial charge in [0.1, 0.15) is 5.82 Å². The van der Waals surface area contributed by atoms with Crippen molar-refractivity contribution in [3.8, 4) is 0 Å². The molecule has 0 fully saturated rings. The third kappa shape index (κ3) is 2.54. The third-order valence-electron chi connectivity index (χ3n) is 3.02. The first-order chi connectivity index (χ1) is 8.63. The van der Waals surface area contributed by atoms with Crippen LogP contribution in [-0.2, 0) is 13.5 Å². The second kappa shape index (κ2) is 5.50. The number of nitrogens with zero attached hydrogens (tertiary/aromatic N) is 2. The van der Waals surface area contributed by atoms with Gasteiger partial charge in [0, 0.05) is 13.2 Å². The summed E-state index contributed by atoms with van der Waals surface area (Å²) in [6.07, 6.45) is 4.16. The van der Waals surface area contributed by atoms with E-state index >= 15 is 0 Å². The van der Waals surface area contributed by atoms with E-state index in [0.29, 0.717) is 6.42 Å². The van der Waals surface area contributed by atoms with Gasteiger partial charge < -0.3 is 9.88 Å². The summed E-state index contributed by atoms with van der Waals surface area (Å²) in [5.74, 6) is -0.381. The van der Waals surface area contributed by atoms with Crippen molar-refractivity contribution in [1.29, 1.82) is 0 Å². The van der Waals surface area contributed by atoms with Crippen molar-refractivity contribution in [3.05, 3.63) is 52.8 Å². The van der Waals surface area contributed by atoms with Gasteiger partial charge in [0.2, 0.25) is 0 Å². The number of nitrogens with one attached hydrogen (secondary N) is 1. The zero-order valence-corrected chi connectivity index (χ0v) is 11.1. The van der Waals surface area contributed by atoms with Gasteiger partial charge in [-0.05, 0) is 25.1 Å². The molecule has 2 aromatic rings. The van der Waals surface area contributed by atoms with Crippen molar-refractivity contribution in [1.82, 2.24) is 14.9 Å². The van der Waals surface area contributed by atoms with Gasteiger partial charge >= 0.3 is 0 Å². The van der Waals surface area contributed by atoms with Gasteiger partial charge in [0.25, 0.3) is 0 Å². The fraction of sp³-hybridized carbons (Fsp3) is 0.308. The van der Waals surface area contributed by atoms with Gasteiger partial charge in [0.05, 0.1) is 23.1 Å². The average molecular weight is 268 g/mol. The largest absolute Gasteiger partial charge is 0.336 e. The summed E-state index contributed by atoms with van der Waals surface area (Å²) in [6, 6.07) is 4.93. The number of hydrogen-bond donors (Lipinski definition) is 1. The summed E-state index contributed by atoms with van der Waals surface area (Å²) in [5, 5.41) is 3.39. The topological polar surface area (TPSA) is 29.9 Å². The second-order valence-corrected chi connectivity index (χ2v) is 4.57. The number of hydrogen-bond acceptors (Lipinski definition) is 2. The van der Waals surface area contributed by atoms with E-state index in [1.807, 2.05) is 24.7 Å². The van der Waals surface area contributed by atoms with Crippen LogP contribution in [0.3, 0.4) is 0 Å². The van der Waals surface area contributed by atoms with Crippen molar-refractivity contribution in [3.63, 3.8) is 0 Å². The van der Waals surface area contributed by atoms with Crippen molar-refractivity contribution in [2.75, 3.05) is 7.05 Å². The highest BCUT2D eigenvalue weighted by molar-refractivity contribution is 6.31. The molecule has 1 N–H and O–H groups in total. The quantitative estimate of drug-likeness (QED) is 0.923. The van der Waals surface area contributed by atoms with Crippen LogP contribution in [0.4, 0.5) is 4.39 Å². The predicted octanol–water partition coefficient (Wildman–Crippen LogP) is 2.72. The highest BCUT2D eigenvalue weighted by atomic mass is 35.5. The van der Waals surface area contributed by atoms with Crippen LogP contribution in [0.2, 0.25) is 5.02 Å². The lowest BCUT2D eigenvalue weighted by molar-refractivity contribution is 0.551. The molecule has 0 spiro atoms. The lowest BCUT2D eigenvalue weighted by atomic mass is 10.0. The molecule has 1 atom stereocenters. The van der Waals surface area contributed by atoms with Crippen molar-refractivity contribution in [2.45, 2.75) is 12.5 Å². The van der Waals surface area contributed by atoms with E-state index in [4.69, 9.17) is 11.6 Å². The smallest absolute Gasteiger partial charge is 0.142 e. The fourth-order valence-electron chi connectivity index (χ4n) is 1.98. The number of benzene rings is 1. The summed E-state index contributed by atoms with van der Waals surface area (Å²) in [4.78, 5) is 4.09. The van der Waals surface area contributed by atoms with Gasteiger partial charge in [-0.1, -0.05) is 23.7 Å². The minimum Gasteiger partial charge on any atom is -0.336 e. The highest BCUT2D eigenvalue weighted by Gasteiger charge is 2.16. The molecule has 0 bridgehead atoms. The van der Waals surface area contributed by atoms with Crippen LogP contribution in [0.15, 0.2) is 30.7 Å². The van der Waals surface area contributed by atoms with Crippen molar-refractivity contribution in [2.24, 2.45) is 7.05 Å². The molecule has 0 saturated carbocycles. The van der Waals surface area contributed by atoms with Crippen LogP contribution in [0.25, 0.3) is 0 Å². The van der Waals surface area contributed by atoms with Crippen molar-refractivity contribution < 1.29 is 4.39 Å². The Morgan fingerprint density at radius 3 is 2.89 bits per heavy atom. The second-order valence-electron chi connectivity index (χ2n) is 4.19. The first-order valence-electron chi connectivity index (χ1n) is 5.70. The Morgan fingerprint density at radius 2 is 2.28 bits per heavy atom. The maximum absolute atomic E-state index is 13.4. The van der Waals surface area contributed by atoms with E-state index in [1.165, 1.54) is 6.07 Å². The van der Waals surface area contributed by atoms with Gasteiger partial charge in [0.15, 0.2) is 0 Å². The Bertz CT molecular complexity index is 539. The molecule has 0 aliphatic carbocycles. The summed E-state index contributed by atoms with van der Waals surface area (Å²) >= 11 is 5.97. The van der Waals surface area contributed by atoms with E-state index in [9.17, 15) is 4.39 Å². The van der Waals surface area contributed by atoms with Crippen LogP contribution in [0.5, 0.6) is 0 Å². The van der Waals surface area contributed by atoms with Crippen LogP contribution in [0, 0.1) is 5.82 Å². The first kappa shape index (κ1) is 13.1. The molecule has 5 heteroatoms. The Hall–Kier alpha value is -1.39. The lowest BCUT2D eigenvalue weighted by Gasteiger charge is -2.17. The fourth-order valence-corrected chi connectivity index (χ4v) is 2.19. The van der Waals surface area contributed by atoms with E-state index in [0.717, 1.165) is 11.3 Å². The molecule has 0 radical (unpaired) electrons. The molecule has 1 aromatic heterocycles. The number of aromatic nitrogens is 2.